The van der Waals surface area contributed by atoms with E-state index in [0.717, 1.165) is 6.54 Å². The number of fused-ring (bicyclic) bond motifs is 1. The maximum atomic E-state index is 2.60. The van der Waals surface area contributed by atoms with Gasteiger partial charge in [0.1, 0.15) is 0 Å². The quantitative estimate of drug-likeness (QED) is 0.385. The van der Waals surface area contributed by atoms with Crippen molar-refractivity contribution in [1.29, 1.82) is 0 Å². The van der Waals surface area contributed by atoms with Crippen LogP contribution in [0.5, 0.6) is 0 Å². The highest BCUT2D eigenvalue weighted by Crippen LogP contribution is 2.37. The van der Waals surface area contributed by atoms with Crippen molar-refractivity contribution in [3.63, 3.8) is 0 Å². The fraction of sp³-hybridized carbons (Fsp3) is 0.231. The zero-order chi connectivity index (χ0) is 19.5. The van der Waals surface area contributed by atoms with Crippen LogP contribution in [-0.4, -0.2) is 27.8 Å². The molecule has 1 aliphatic heterocycles. The summed E-state index contributed by atoms with van der Waals surface area (Å²) < 4.78 is 2.34. The molecular formula is C26H26N2S. The van der Waals surface area contributed by atoms with Crippen LogP contribution in [0.1, 0.15) is 18.4 Å². The first-order valence-electron chi connectivity index (χ1n) is 10.5. The number of para-hydroxylation sites is 2. The molecule has 0 unspecified atom stereocenters. The minimum atomic E-state index is 0.692. The molecular weight excluding hydrogens is 372 g/mol. The summed E-state index contributed by atoms with van der Waals surface area (Å²) in [5.41, 5.74) is 3.94. The fourth-order valence-corrected chi connectivity index (χ4v) is 5.52. The monoisotopic (exact) mass is 398 g/mol. The number of aromatic nitrogens is 1. The Hall–Kier alpha value is -2.49. The highest BCUT2D eigenvalue weighted by Gasteiger charge is 2.22. The first kappa shape index (κ1) is 18.5. The van der Waals surface area contributed by atoms with Crippen molar-refractivity contribution in [2.75, 3.05) is 13.1 Å². The van der Waals surface area contributed by atoms with Crippen LogP contribution in [0.25, 0.3) is 16.6 Å². The van der Waals surface area contributed by atoms with Gasteiger partial charge >= 0.3 is 0 Å². The van der Waals surface area contributed by atoms with Crippen LogP contribution in [0.4, 0.5) is 0 Å². The molecule has 3 heteroatoms. The van der Waals surface area contributed by atoms with Crippen LogP contribution in [0.15, 0.2) is 96.0 Å². The molecule has 0 spiro atoms. The van der Waals surface area contributed by atoms with E-state index >= 15 is 0 Å². The Morgan fingerprint density at radius 3 is 2.17 bits per heavy atom. The second-order valence-corrected chi connectivity index (χ2v) is 9.14. The molecule has 0 N–H and O–H groups in total. The second-order valence-electron chi connectivity index (χ2n) is 7.80. The van der Waals surface area contributed by atoms with E-state index < -0.39 is 0 Å². The molecule has 3 aromatic carbocycles. The summed E-state index contributed by atoms with van der Waals surface area (Å²) in [5, 5.41) is 2.06. The zero-order valence-electron chi connectivity index (χ0n) is 16.6. The van der Waals surface area contributed by atoms with E-state index in [1.165, 1.54) is 53.0 Å². The zero-order valence-corrected chi connectivity index (χ0v) is 17.4. The van der Waals surface area contributed by atoms with Gasteiger partial charge in [0.2, 0.25) is 0 Å². The predicted molar refractivity (Wildman–Crippen MR) is 124 cm³/mol. The van der Waals surface area contributed by atoms with E-state index in [1.807, 2.05) is 0 Å². The highest BCUT2D eigenvalue weighted by molar-refractivity contribution is 8.00. The number of hydrogen-bond donors (Lipinski definition) is 0. The van der Waals surface area contributed by atoms with Gasteiger partial charge in [-0.2, -0.15) is 0 Å². The van der Waals surface area contributed by atoms with Crippen molar-refractivity contribution in [3.05, 3.63) is 96.7 Å². The van der Waals surface area contributed by atoms with Crippen LogP contribution in [-0.2, 0) is 6.54 Å². The largest absolute Gasteiger partial charge is 0.315 e. The lowest BCUT2D eigenvalue weighted by molar-refractivity contribution is 0.225. The standard InChI is InChI=1S/C26H26N2S/c1-3-9-21(10-4-1)19-27-17-15-23(16-18-27)29-26-20-28(22-11-5-2-6-12-22)25-14-8-7-13-24(25)26/h1-14,20,23H,15-19H2. The number of thioether (sulfide) groups is 1. The van der Waals surface area contributed by atoms with Gasteiger partial charge in [0, 0.05) is 34.0 Å². The Bertz CT molecular complexity index is 1060. The Kier molecular flexibility index (Phi) is 5.42. The number of nitrogens with zero attached hydrogens (tertiary/aromatic N) is 2. The first-order chi connectivity index (χ1) is 14.4. The molecule has 0 aliphatic carbocycles. The van der Waals surface area contributed by atoms with E-state index in [1.54, 1.807) is 0 Å². The average Bonchev–Trinajstić information content (AvgIpc) is 3.15. The summed E-state index contributed by atoms with van der Waals surface area (Å²) >= 11 is 2.07. The molecule has 29 heavy (non-hydrogen) atoms. The average molecular weight is 399 g/mol. The Labute approximate surface area is 177 Å². The summed E-state index contributed by atoms with van der Waals surface area (Å²) in [6, 6.07) is 30.3. The van der Waals surface area contributed by atoms with Crippen molar-refractivity contribution >= 4 is 22.7 Å². The van der Waals surface area contributed by atoms with Gasteiger partial charge in [0.25, 0.3) is 0 Å². The molecule has 2 heterocycles. The molecule has 1 aliphatic rings. The van der Waals surface area contributed by atoms with Gasteiger partial charge in [-0.15, -0.1) is 11.8 Å². The lowest BCUT2D eigenvalue weighted by Crippen LogP contribution is -2.34. The maximum absolute atomic E-state index is 2.60. The number of benzene rings is 3. The maximum Gasteiger partial charge on any atom is 0.0540 e. The van der Waals surface area contributed by atoms with Crippen molar-refractivity contribution in [3.8, 4) is 5.69 Å². The Morgan fingerprint density at radius 1 is 0.759 bits per heavy atom. The second kappa shape index (κ2) is 8.48. The van der Waals surface area contributed by atoms with Gasteiger partial charge in [-0.25, -0.2) is 0 Å². The minimum Gasteiger partial charge on any atom is -0.315 e. The molecule has 0 atom stereocenters. The van der Waals surface area contributed by atoms with Crippen molar-refractivity contribution < 1.29 is 0 Å². The Morgan fingerprint density at radius 2 is 1.41 bits per heavy atom. The molecule has 0 amide bonds. The summed E-state index contributed by atoms with van der Waals surface area (Å²) in [7, 11) is 0. The SMILES string of the molecule is c1ccc(CN2CCC(Sc3cn(-c4ccccc4)c4ccccc34)CC2)cc1. The van der Waals surface area contributed by atoms with Crippen LogP contribution >= 0.6 is 11.8 Å². The lowest BCUT2D eigenvalue weighted by Gasteiger charge is -2.31. The van der Waals surface area contributed by atoms with Crippen molar-refractivity contribution in [2.24, 2.45) is 0 Å². The number of hydrogen-bond acceptors (Lipinski definition) is 2. The van der Waals surface area contributed by atoms with E-state index in [-0.39, 0.29) is 0 Å². The highest BCUT2D eigenvalue weighted by atomic mass is 32.2. The van der Waals surface area contributed by atoms with Crippen LogP contribution in [0.2, 0.25) is 0 Å². The normalized spacial score (nSPS) is 15.7. The molecule has 1 saturated heterocycles. The van der Waals surface area contributed by atoms with Gasteiger partial charge in [-0.1, -0.05) is 66.7 Å². The third kappa shape index (κ3) is 4.12. The van der Waals surface area contributed by atoms with Crippen LogP contribution in [0, 0.1) is 0 Å². The molecule has 4 aromatic rings. The Balaban J connectivity index is 1.30. The fourth-order valence-electron chi connectivity index (χ4n) is 4.25. The molecule has 0 bridgehead atoms. The van der Waals surface area contributed by atoms with E-state index in [4.69, 9.17) is 0 Å². The lowest BCUT2D eigenvalue weighted by atomic mass is 10.1. The van der Waals surface area contributed by atoms with E-state index in [0.29, 0.717) is 5.25 Å². The molecule has 1 aromatic heterocycles. The molecule has 1 fully saturated rings. The van der Waals surface area contributed by atoms with Crippen molar-refractivity contribution in [1.82, 2.24) is 9.47 Å². The molecule has 2 nitrogen and oxygen atoms in total. The van der Waals surface area contributed by atoms with Gasteiger partial charge in [-0.3, -0.25) is 4.90 Å². The first-order valence-corrected chi connectivity index (χ1v) is 11.3. The van der Waals surface area contributed by atoms with Gasteiger partial charge < -0.3 is 4.57 Å². The summed E-state index contributed by atoms with van der Waals surface area (Å²) in [5.74, 6) is 0. The molecule has 0 saturated carbocycles. The molecule has 0 radical (unpaired) electrons. The van der Waals surface area contributed by atoms with E-state index in [9.17, 15) is 0 Å². The summed E-state index contributed by atoms with van der Waals surface area (Å²) in [4.78, 5) is 4.01. The van der Waals surface area contributed by atoms with Crippen molar-refractivity contribution in [2.45, 2.75) is 29.5 Å². The predicted octanol–water partition coefficient (Wildman–Crippen LogP) is 6.39. The third-order valence-electron chi connectivity index (χ3n) is 5.79. The molecule has 5 rings (SSSR count). The summed E-state index contributed by atoms with van der Waals surface area (Å²) in [6.07, 6.45) is 4.84. The van der Waals surface area contributed by atoms with Crippen LogP contribution < -0.4 is 0 Å². The number of piperidine rings is 1. The smallest absolute Gasteiger partial charge is 0.0540 e. The topological polar surface area (TPSA) is 8.17 Å². The minimum absolute atomic E-state index is 0.692. The number of likely N-dealkylation sites (tertiary alicyclic amines) is 1. The number of rotatable bonds is 5. The molecule has 146 valence electrons. The third-order valence-corrected chi connectivity index (χ3v) is 7.17. The summed E-state index contributed by atoms with van der Waals surface area (Å²) in [6.45, 7) is 3.44. The van der Waals surface area contributed by atoms with Gasteiger partial charge in [-0.05, 0) is 49.7 Å². The van der Waals surface area contributed by atoms with Gasteiger partial charge in [0.15, 0.2) is 0 Å². The van der Waals surface area contributed by atoms with Gasteiger partial charge in [0.05, 0.1) is 5.52 Å². The van der Waals surface area contributed by atoms with Crippen LogP contribution in [0.3, 0.4) is 0 Å². The van der Waals surface area contributed by atoms with E-state index in [2.05, 4.69) is 112 Å².